The van der Waals surface area contributed by atoms with Crippen molar-refractivity contribution in [2.75, 3.05) is 4.72 Å². The summed E-state index contributed by atoms with van der Waals surface area (Å²) < 4.78 is 33.9. The first-order valence-electron chi connectivity index (χ1n) is 8.38. The molecule has 2 aromatic heterocycles. The predicted molar refractivity (Wildman–Crippen MR) is 123 cm³/mol. The predicted octanol–water partition coefficient (Wildman–Crippen LogP) is 5.41. The number of benzene rings is 2. The highest BCUT2D eigenvalue weighted by atomic mass is 79.9. The van der Waals surface area contributed by atoms with Crippen LogP contribution in [0.1, 0.15) is 15.9 Å². The van der Waals surface area contributed by atoms with Crippen molar-refractivity contribution in [1.29, 1.82) is 0 Å². The zero-order valence-corrected chi connectivity index (χ0v) is 19.7. The maximum Gasteiger partial charge on any atom is 0.347 e. The molecule has 0 amide bonds. The Labute approximate surface area is 191 Å². The van der Waals surface area contributed by atoms with Crippen molar-refractivity contribution in [3.05, 3.63) is 90.5 Å². The Balaban J connectivity index is 1.64. The highest BCUT2D eigenvalue weighted by Crippen LogP contribution is 2.28. The van der Waals surface area contributed by atoms with Gasteiger partial charge in [0.05, 0.1) is 4.47 Å². The van der Waals surface area contributed by atoms with E-state index < -0.39 is 21.4 Å². The Kier molecular flexibility index (Phi) is 5.67. The number of carbonyl (C=O) groups is 1. The summed E-state index contributed by atoms with van der Waals surface area (Å²) in [5, 5.41) is 2.25. The van der Waals surface area contributed by atoms with Gasteiger partial charge in [-0.05, 0) is 69.8 Å². The van der Waals surface area contributed by atoms with Gasteiger partial charge in [0.2, 0.25) is 0 Å². The zero-order valence-electron chi connectivity index (χ0n) is 14.9. The fraction of sp³-hybridized carbons (Fsp3) is 0. The second-order valence-electron chi connectivity index (χ2n) is 6.20. The fourth-order valence-electron chi connectivity index (χ4n) is 2.78. The first-order chi connectivity index (χ1) is 14.2. The van der Waals surface area contributed by atoms with Crippen LogP contribution < -0.4 is 10.3 Å². The maximum absolute atomic E-state index is 12.8. The third kappa shape index (κ3) is 4.13. The molecule has 1 N–H and O–H groups in total. The number of halogens is 2. The molecule has 0 atom stereocenters. The van der Waals surface area contributed by atoms with Gasteiger partial charge in [-0.2, -0.15) is 0 Å². The number of nitrogens with one attached hydrogen (secondary N) is 1. The zero-order chi connectivity index (χ0) is 21.5. The molecule has 10 heteroatoms. The van der Waals surface area contributed by atoms with Crippen LogP contribution in [0.5, 0.6) is 0 Å². The standard InChI is InChI=1S/C20H11Br2NO5S2/c21-13-8-12-9-15(20(25)28-19(12)16(22)10-13)18(24)11-3-5-14(6-4-11)23-30(26,27)17-2-1-7-29-17/h1-10,23H. The molecule has 0 radical (unpaired) electrons. The molecule has 0 bridgehead atoms. The van der Waals surface area contributed by atoms with Crippen molar-refractivity contribution in [2.24, 2.45) is 0 Å². The normalized spacial score (nSPS) is 11.5. The summed E-state index contributed by atoms with van der Waals surface area (Å²) in [6.45, 7) is 0. The Morgan fingerprint density at radius 2 is 1.77 bits per heavy atom. The molecule has 0 saturated heterocycles. The summed E-state index contributed by atoms with van der Waals surface area (Å²) in [5.41, 5.74) is 0.0173. The molecule has 0 aliphatic heterocycles. The van der Waals surface area contributed by atoms with Crippen LogP contribution in [0, 0.1) is 0 Å². The monoisotopic (exact) mass is 567 g/mol. The molecule has 4 rings (SSSR count). The summed E-state index contributed by atoms with van der Waals surface area (Å²) >= 11 is 7.80. The average molecular weight is 569 g/mol. The van der Waals surface area contributed by atoms with E-state index in [0.29, 0.717) is 21.1 Å². The lowest BCUT2D eigenvalue weighted by molar-refractivity contribution is 0.103. The van der Waals surface area contributed by atoms with Gasteiger partial charge in [0.25, 0.3) is 10.0 Å². The third-order valence-corrected chi connectivity index (χ3v) is 7.98. The lowest BCUT2D eigenvalue weighted by atomic mass is 10.0. The molecule has 152 valence electrons. The van der Waals surface area contributed by atoms with E-state index in [-0.39, 0.29) is 15.3 Å². The molecular formula is C20H11Br2NO5S2. The lowest BCUT2D eigenvalue weighted by Crippen LogP contribution is -2.15. The van der Waals surface area contributed by atoms with Crippen molar-refractivity contribution in [1.82, 2.24) is 0 Å². The number of anilines is 1. The van der Waals surface area contributed by atoms with Gasteiger partial charge >= 0.3 is 5.63 Å². The van der Waals surface area contributed by atoms with Gasteiger partial charge < -0.3 is 4.42 Å². The third-order valence-electron chi connectivity index (χ3n) is 4.16. The SMILES string of the molecule is O=C(c1ccc(NS(=O)(=O)c2cccs2)cc1)c1cc2cc(Br)cc(Br)c2oc1=O. The summed E-state index contributed by atoms with van der Waals surface area (Å²) in [7, 11) is -3.68. The number of sulfonamides is 1. The van der Waals surface area contributed by atoms with Crippen LogP contribution in [0.15, 0.2) is 82.3 Å². The molecule has 2 aromatic carbocycles. The van der Waals surface area contributed by atoms with Gasteiger partial charge in [-0.15, -0.1) is 11.3 Å². The Bertz CT molecular complexity index is 1430. The lowest BCUT2D eigenvalue weighted by Gasteiger charge is -2.07. The van der Waals surface area contributed by atoms with Gasteiger partial charge in [0.15, 0.2) is 11.4 Å². The highest BCUT2D eigenvalue weighted by molar-refractivity contribution is 9.11. The molecule has 0 spiro atoms. The molecule has 0 unspecified atom stereocenters. The summed E-state index contributed by atoms with van der Waals surface area (Å²) in [4.78, 5) is 25.2. The summed E-state index contributed by atoms with van der Waals surface area (Å²) in [6, 6.07) is 13.9. The van der Waals surface area contributed by atoms with Gasteiger partial charge in [-0.3, -0.25) is 9.52 Å². The minimum atomic E-state index is -3.68. The maximum atomic E-state index is 12.8. The fourth-order valence-corrected chi connectivity index (χ4v) is 6.17. The largest absolute Gasteiger partial charge is 0.421 e. The number of ketones is 1. The van der Waals surface area contributed by atoms with Crippen molar-refractivity contribution in [3.63, 3.8) is 0 Å². The molecule has 0 fully saturated rings. The first-order valence-corrected chi connectivity index (χ1v) is 12.3. The van der Waals surface area contributed by atoms with Crippen LogP contribution >= 0.6 is 43.2 Å². The van der Waals surface area contributed by atoms with Crippen LogP contribution in [0.3, 0.4) is 0 Å². The number of hydrogen-bond donors (Lipinski definition) is 1. The molecular weight excluding hydrogens is 558 g/mol. The second-order valence-corrected chi connectivity index (χ2v) is 10.8. The number of fused-ring (bicyclic) bond motifs is 1. The van der Waals surface area contributed by atoms with E-state index >= 15 is 0 Å². The van der Waals surface area contributed by atoms with Crippen molar-refractivity contribution >= 4 is 75.7 Å². The second kappa shape index (κ2) is 8.10. The van der Waals surface area contributed by atoms with E-state index in [9.17, 15) is 18.0 Å². The van der Waals surface area contributed by atoms with E-state index in [1.54, 1.807) is 23.6 Å². The van der Waals surface area contributed by atoms with E-state index in [4.69, 9.17) is 4.42 Å². The van der Waals surface area contributed by atoms with Gasteiger partial charge in [0.1, 0.15) is 9.77 Å². The molecule has 30 heavy (non-hydrogen) atoms. The molecule has 6 nitrogen and oxygen atoms in total. The van der Waals surface area contributed by atoms with Gasteiger partial charge in [-0.1, -0.05) is 22.0 Å². The van der Waals surface area contributed by atoms with Crippen molar-refractivity contribution in [3.8, 4) is 0 Å². The van der Waals surface area contributed by atoms with E-state index in [0.717, 1.165) is 15.8 Å². The van der Waals surface area contributed by atoms with Crippen molar-refractivity contribution in [2.45, 2.75) is 4.21 Å². The Morgan fingerprint density at radius 3 is 2.43 bits per heavy atom. The molecule has 0 saturated carbocycles. The number of hydrogen-bond acceptors (Lipinski definition) is 6. The highest BCUT2D eigenvalue weighted by Gasteiger charge is 2.19. The van der Waals surface area contributed by atoms with Crippen LogP contribution in [-0.4, -0.2) is 14.2 Å². The first kappa shape index (κ1) is 21.0. The smallest absolute Gasteiger partial charge is 0.347 e. The minimum absolute atomic E-state index is 0.112. The van der Waals surface area contributed by atoms with Crippen LogP contribution in [-0.2, 0) is 10.0 Å². The summed E-state index contributed by atoms with van der Waals surface area (Å²) in [6.07, 6.45) is 0. The van der Waals surface area contributed by atoms with Gasteiger partial charge in [0, 0.05) is 21.1 Å². The topological polar surface area (TPSA) is 93.4 Å². The minimum Gasteiger partial charge on any atom is -0.421 e. The van der Waals surface area contributed by atoms with Gasteiger partial charge in [-0.25, -0.2) is 13.2 Å². The quantitative estimate of drug-likeness (QED) is 0.256. The average Bonchev–Trinajstić information content (AvgIpc) is 3.24. The molecule has 4 aromatic rings. The van der Waals surface area contributed by atoms with Crippen LogP contribution in [0.2, 0.25) is 0 Å². The number of carbonyl (C=O) groups excluding carboxylic acids is 1. The van der Waals surface area contributed by atoms with Crippen molar-refractivity contribution < 1.29 is 17.6 Å². The van der Waals surface area contributed by atoms with E-state index in [2.05, 4.69) is 36.6 Å². The number of rotatable bonds is 5. The molecule has 0 aliphatic rings. The van der Waals surface area contributed by atoms with Crippen LogP contribution in [0.4, 0.5) is 5.69 Å². The Morgan fingerprint density at radius 1 is 1.03 bits per heavy atom. The van der Waals surface area contributed by atoms with E-state index in [1.165, 1.54) is 36.4 Å². The molecule has 2 heterocycles. The van der Waals surface area contributed by atoms with Crippen LogP contribution in [0.25, 0.3) is 11.0 Å². The number of thiophene rings is 1. The van der Waals surface area contributed by atoms with E-state index in [1.807, 2.05) is 0 Å². The molecule has 0 aliphatic carbocycles. The Hall–Kier alpha value is -2.27. The summed E-state index contributed by atoms with van der Waals surface area (Å²) in [5.74, 6) is -0.519.